The van der Waals surface area contributed by atoms with Crippen molar-refractivity contribution in [3.8, 4) is 12.0 Å². The third-order valence-electron chi connectivity index (χ3n) is 2.46. The Balaban J connectivity index is 2.50. The molecule has 20 heavy (non-hydrogen) atoms. The van der Waals surface area contributed by atoms with Gasteiger partial charge in [0.2, 0.25) is 11.6 Å². The Morgan fingerprint density at radius 1 is 1.15 bits per heavy atom. The van der Waals surface area contributed by atoms with Crippen LogP contribution in [-0.4, -0.2) is 35.0 Å². The molecule has 0 aliphatic heterocycles. The summed E-state index contributed by atoms with van der Waals surface area (Å²) in [5, 5.41) is 0. The highest BCUT2D eigenvalue weighted by molar-refractivity contribution is 9.10. The number of hydrogen-bond donors (Lipinski definition) is 1. The van der Waals surface area contributed by atoms with Gasteiger partial charge in [-0.2, -0.15) is 9.97 Å². The monoisotopic (exact) mass is 338 g/mol. The van der Waals surface area contributed by atoms with Crippen molar-refractivity contribution in [2.45, 2.75) is 0 Å². The smallest absolute Gasteiger partial charge is 0.323 e. The number of methoxy groups -OCH3 is 2. The van der Waals surface area contributed by atoms with Crippen molar-refractivity contribution in [1.29, 1.82) is 0 Å². The van der Waals surface area contributed by atoms with Gasteiger partial charge in [0.1, 0.15) is 0 Å². The highest BCUT2D eigenvalue weighted by Gasteiger charge is 2.19. The van der Waals surface area contributed by atoms with Gasteiger partial charge in [-0.05, 0) is 28.1 Å². The molecule has 2 aromatic rings. The summed E-state index contributed by atoms with van der Waals surface area (Å²) < 4.78 is 10.4. The molecule has 0 atom stereocenters. The summed E-state index contributed by atoms with van der Waals surface area (Å²) in [5.41, 5.74) is 6.46. The van der Waals surface area contributed by atoms with Crippen LogP contribution in [-0.2, 0) is 0 Å². The number of hydrogen-bond acceptors (Lipinski definition) is 7. The minimum Gasteiger partial charge on any atom is -0.467 e. The molecule has 0 spiro atoms. The quantitative estimate of drug-likeness (QED) is 0.665. The molecule has 0 amide bonds. The summed E-state index contributed by atoms with van der Waals surface area (Å²) in [6, 6.07) is 5.01. The molecule has 0 saturated heterocycles. The number of aromatic nitrogens is 3. The number of nitrogens with zero attached hydrogens (tertiary/aromatic N) is 3. The Labute approximate surface area is 123 Å². The predicted octanol–water partition coefficient (Wildman–Crippen LogP) is 1.46. The van der Waals surface area contributed by atoms with Crippen molar-refractivity contribution in [2.24, 2.45) is 0 Å². The van der Waals surface area contributed by atoms with E-state index in [4.69, 9.17) is 15.2 Å². The lowest BCUT2D eigenvalue weighted by atomic mass is 10.1. The van der Waals surface area contributed by atoms with E-state index in [-0.39, 0.29) is 23.4 Å². The molecule has 0 radical (unpaired) electrons. The average Bonchev–Trinajstić information content (AvgIpc) is 2.48. The van der Waals surface area contributed by atoms with Crippen molar-refractivity contribution in [3.63, 3.8) is 0 Å². The molecule has 0 fully saturated rings. The number of nitrogen functional groups attached to an aromatic ring is 1. The third kappa shape index (κ3) is 2.69. The SMILES string of the molecule is COc1nc(OC)nc(C(=O)c2cccc(Br)c2N)n1. The second-order valence-corrected chi connectivity index (χ2v) is 4.52. The number of carbonyl (C=O) groups is 1. The molecule has 0 saturated carbocycles. The standard InChI is InChI=1S/C12H11BrN4O3/c1-19-11-15-10(16-12(17-11)20-2)9(18)6-4-3-5-7(13)8(6)14/h3-5H,14H2,1-2H3. The van der Waals surface area contributed by atoms with Crippen molar-refractivity contribution in [1.82, 2.24) is 15.0 Å². The molecule has 7 nitrogen and oxygen atoms in total. The molecule has 104 valence electrons. The summed E-state index contributed by atoms with van der Waals surface area (Å²) in [7, 11) is 2.77. The molecule has 8 heteroatoms. The first-order chi connectivity index (χ1) is 9.56. The van der Waals surface area contributed by atoms with Gasteiger partial charge >= 0.3 is 12.0 Å². The van der Waals surface area contributed by atoms with Crippen LogP contribution in [0.25, 0.3) is 0 Å². The highest BCUT2D eigenvalue weighted by Crippen LogP contribution is 2.25. The number of halogens is 1. The van der Waals surface area contributed by atoms with E-state index in [1.807, 2.05) is 0 Å². The number of ketones is 1. The van der Waals surface area contributed by atoms with Gasteiger partial charge in [-0.3, -0.25) is 4.79 Å². The topological polar surface area (TPSA) is 100 Å². The van der Waals surface area contributed by atoms with Crippen LogP contribution < -0.4 is 15.2 Å². The highest BCUT2D eigenvalue weighted by atomic mass is 79.9. The molecule has 0 aliphatic rings. The lowest BCUT2D eigenvalue weighted by molar-refractivity contribution is 0.102. The Morgan fingerprint density at radius 3 is 2.30 bits per heavy atom. The number of carbonyl (C=O) groups excluding carboxylic acids is 1. The normalized spacial score (nSPS) is 10.2. The maximum atomic E-state index is 12.4. The Bertz CT molecular complexity index is 641. The second kappa shape index (κ2) is 5.83. The Morgan fingerprint density at radius 2 is 1.75 bits per heavy atom. The van der Waals surface area contributed by atoms with Gasteiger partial charge in [-0.15, -0.1) is 4.98 Å². The molecular formula is C12H11BrN4O3. The van der Waals surface area contributed by atoms with Gasteiger partial charge in [0.05, 0.1) is 19.9 Å². The molecular weight excluding hydrogens is 328 g/mol. The van der Waals surface area contributed by atoms with Crippen LogP contribution in [0.3, 0.4) is 0 Å². The summed E-state index contributed by atoms with van der Waals surface area (Å²) >= 11 is 3.26. The maximum absolute atomic E-state index is 12.4. The maximum Gasteiger partial charge on any atom is 0.323 e. The van der Waals surface area contributed by atoms with Crippen molar-refractivity contribution >= 4 is 27.4 Å². The first-order valence-electron chi connectivity index (χ1n) is 5.49. The van der Waals surface area contributed by atoms with E-state index in [0.717, 1.165) is 0 Å². The van der Waals surface area contributed by atoms with Crippen molar-refractivity contribution < 1.29 is 14.3 Å². The third-order valence-corrected chi connectivity index (χ3v) is 3.15. The zero-order chi connectivity index (χ0) is 14.7. The lowest BCUT2D eigenvalue weighted by Crippen LogP contribution is -2.12. The van der Waals surface area contributed by atoms with Gasteiger partial charge in [0.15, 0.2) is 0 Å². The van der Waals surface area contributed by atoms with Crippen LogP contribution in [0.5, 0.6) is 12.0 Å². The van der Waals surface area contributed by atoms with Crippen LogP contribution >= 0.6 is 15.9 Å². The van der Waals surface area contributed by atoms with Gasteiger partial charge in [0.25, 0.3) is 0 Å². The van der Waals surface area contributed by atoms with E-state index in [1.165, 1.54) is 14.2 Å². The molecule has 2 rings (SSSR count). The van der Waals surface area contributed by atoms with Crippen LogP contribution in [0, 0.1) is 0 Å². The van der Waals surface area contributed by atoms with E-state index < -0.39 is 5.78 Å². The number of anilines is 1. The summed E-state index contributed by atoms with van der Waals surface area (Å²) in [5.74, 6) is -0.540. The van der Waals surface area contributed by atoms with Gasteiger partial charge in [0, 0.05) is 10.0 Å². The molecule has 0 aliphatic carbocycles. The fourth-order valence-electron chi connectivity index (χ4n) is 1.48. The first-order valence-corrected chi connectivity index (χ1v) is 6.29. The number of rotatable bonds is 4. The Hall–Kier alpha value is -2.22. The van der Waals surface area contributed by atoms with E-state index >= 15 is 0 Å². The largest absolute Gasteiger partial charge is 0.467 e. The summed E-state index contributed by atoms with van der Waals surface area (Å²) in [4.78, 5) is 24.0. The second-order valence-electron chi connectivity index (χ2n) is 3.66. The van der Waals surface area contributed by atoms with Gasteiger partial charge in [-0.25, -0.2) is 0 Å². The van der Waals surface area contributed by atoms with E-state index in [0.29, 0.717) is 10.2 Å². The molecule has 0 unspecified atom stereocenters. The number of benzene rings is 1. The minimum absolute atomic E-state index is 0.00577. The average molecular weight is 339 g/mol. The fraction of sp³-hybridized carbons (Fsp3) is 0.167. The Kier molecular flexibility index (Phi) is 4.14. The minimum atomic E-state index is -0.442. The van der Waals surface area contributed by atoms with Gasteiger partial charge in [-0.1, -0.05) is 6.07 Å². The van der Waals surface area contributed by atoms with Gasteiger partial charge < -0.3 is 15.2 Å². The van der Waals surface area contributed by atoms with E-state index in [2.05, 4.69) is 30.9 Å². The molecule has 1 aromatic carbocycles. The molecule has 0 bridgehead atoms. The molecule has 2 N–H and O–H groups in total. The zero-order valence-corrected chi connectivity index (χ0v) is 12.3. The molecule has 1 heterocycles. The first kappa shape index (κ1) is 14.2. The number of nitrogens with two attached hydrogens (primary N) is 1. The van der Waals surface area contributed by atoms with E-state index in [9.17, 15) is 4.79 Å². The number of para-hydroxylation sites is 1. The predicted molar refractivity (Wildman–Crippen MR) is 74.9 cm³/mol. The van der Waals surface area contributed by atoms with Crippen LogP contribution in [0.2, 0.25) is 0 Å². The van der Waals surface area contributed by atoms with Crippen molar-refractivity contribution in [2.75, 3.05) is 20.0 Å². The van der Waals surface area contributed by atoms with Crippen molar-refractivity contribution in [3.05, 3.63) is 34.1 Å². The van der Waals surface area contributed by atoms with Crippen LogP contribution in [0.1, 0.15) is 16.2 Å². The van der Waals surface area contributed by atoms with Crippen LogP contribution in [0.4, 0.5) is 5.69 Å². The summed E-state index contributed by atoms with van der Waals surface area (Å²) in [6.07, 6.45) is 0. The van der Waals surface area contributed by atoms with E-state index in [1.54, 1.807) is 18.2 Å². The molecule has 1 aromatic heterocycles. The summed E-state index contributed by atoms with van der Waals surface area (Å²) in [6.45, 7) is 0. The lowest BCUT2D eigenvalue weighted by Gasteiger charge is -2.07. The zero-order valence-electron chi connectivity index (χ0n) is 10.8. The van der Waals surface area contributed by atoms with Crippen LogP contribution in [0.15, 0.2) is 22.7 Å². The number of ether oxygens (including phenoxy) is 2. The fourth-order valence-corrected chi connectivity index (χ4v) is 1.84.